The van der Waals surface area contributed by atoms with Crippen molar-refractivity contribution in [1.82, 2.24) is 10.2 Å². The number of hydrogen-bond acceptors (Lipinski definition) is 5. The molecule has 150 valence electrons. The molecule has 3 N–H and O–H groups in total. The molecule has 7 nitrogen and oxygen atoms in total. The fourth-order valence-electron chi connectivity index (χ4n) is 4.66. The van der Waals surface area contributed by atoms with Gasteiger partial charge in [-0.15, -0.1) is 0 Å². The number of nitrogens with zero attached hydrogens (tertiary/aromatic N) is 1. The van der Waals surface area contributed by atoms with Gasteiger partial charge in [0.05, 0.1) is 17.6 Å². The van der Waals surface area contributed by atoms with E-state index in [-0.39, 0.29) is 16.4 Å². The summed E-state index contributed by atoms with van der Waals surface area (Å²) in [5, 5.41) is 8.19. The molecule has 27 heavy (non-hydrogen) atoms. The van der Waals surface area contributed by atoms with Crippen molar-refractivity contribution in [3.05, 3.63) is 23.8 Å². The van der Waals surface area contributed by atoms with Gasteiger partial charge in [0.25, 0.3) is 5.91 Å². The first-order valence-corrected chi connectivity index (χ1v) is 11.1. The number of benzene rings is 1. The number of likely N-dealkylation sites (tertiary alicyclic amines) is 1. The Balaban J connectivity index is 1.75. The number of nitrogens with two attached hydrogens (primary N) is 1. The molecule has 2 aliphatic rings. The second-order valence-electron chi connectivity index (χ2n) is 7.53. The molecular formula is C19H29N3O4S. The zero-order valence-corrected chi connectivity index (χ0v) is 16.8. The number of primary sulfonamides is 1. The van der Waals surface area contributed by atoms with E-state index in [9.17, 15) is 13.2 Å². The van der Waals surface area contributed by atoms with E-state index in [4.69, 9.17) is 9.88 Å². The van der Waals surface area contributed by atoms with Gasteiger partial charge in [0, 0.05) is 19.1 Å². The van der Waals surface area contributed by atoms with Crippen molar-refractivity contribution in [1.29, 1.82) is 0 Å². The standard InChI is InChI=1S/C19H29N3O4S/c1-3-9-22-12-13-5-4-6-15(13)17(22)11-21-19(23)16-10-14(27(20,24)25)7-8-18(16)26-2/h7-8,10,13,15,17H,3-6,9,11-12H2,1-2H3,(H,21,23)(H2,20,24,25). The van der Waals surface area contributed by atoms with Crippen LogP contribution in [0.4, 0.5) is 0 Å². The van der Waals surface area contributed by atoms with E-state index in [1.807, 2.05) is 0 Å². The summed E-state index contributed by atoms with van der Waals surface area (Å²) in [6.45, 7) is 4.89. The molecule has 3 rings (SSSR count). The fourth-order valence-corrected chi connectivity index (χ4v) is 5.20. The van der Waals surface area contributed by atoms with Crippen LogP contribution in [0.3, 0.4) is 0 Å². The first kappa shape index (κ1) is 20.1. The minimum atomic E-state index is -3.89. The van der Waals surface area contributed by atoms with Crippen molar-refractivity contribution in [2.45, 2.75) is 43.5 Å². The predicted octanol–water partition coefficient (Wildman–Crippen LogP) is 1.58. The molecule has 3 atom stereocenters. The lowest BCUT2D eigenvalue weighted by Gasteiger charge is -2.27. The van der Waals surface area contributed by atoms with Crippen molar-refractivity contribution in [3.8, 4) is 5.75 Å². The van der Waals surface area contributed by atoms with E-state index >= 15 is 0 Å². The molecular weight excluding hydrogens is 366 g/mol. The Hall–Kier alpha value is -1.64. The number of ether oxygens (including phenoxy) is 1. The summed E-state index contributed by atoms with van der Waals surface area (Å²) in [6.07, 6.45) is 4.85. The Morgan fingerprint density at radius 2 is 2.15 bits per heavy atom. The summed E-state index contributed by atoms with van der Waals surface area (Å²) in [5.41, 5.74) is 0.187. The molecule has 0 spiro atoms. The number of rotatable bonds is 7. The molecule has 1 aromatic carbocycles. The number of carbonyl (C=O) groups is 1. The van der Waals surface area contributed by atoms with Crippen molar-refractivity contribution < 1.29 is 17.9 Å². The Morgan fingerprint density at radius 1 is 1.37 bits per heavy atom. The van der Waals surface area contributed by atoms with E-state index in [0.717, 1.165) is 25.4 Å². The van der Waals surface area contributed by atoms with Gasteiger partial charge in [-0.1, -0.05) is 13.3 Å². The van der Waals surface area contributed by atoms with E-state index in [1.54, 1.807) is 0 Å². The smallest absolute Gasteiger partial charge is 0.255 e. The summed E-state index contributed by atoms with van der Waals surface area (Å²) < 4.78 is 28.5. The number of methoxy groups -OCH3 is 1. The molecule has 1 amide bonds. The van der Waals surface area contributed by atoms with Gasteiger partial charge in [0.2, 0.25) is 10.0 Å². The lowest BCUT2D eigenvalue weighted by atomic mass is 9.94. The molecule has 1 saturated carbocycles. The summed E-state index contributed by atoms with van der Waals surface area (Å²) in [4.78, 5) is 15.2. The van der Waals surface area contributed by atoms with Crippen molar-refractivity contribution in [3.63, 3.8) is 0 Å². The second-order valence-corrected chi connectivity index (χ2v) is 9.10. The van der Waals surface area contributed by atoms with Crippen molar-refractivity contribution >= 4 is 15.9 Å². The summed E-state index contributed by atoms with van der Waals surface area (Å²) in [6, 6.07) is 4.42. The summed E-state index contributed by atoms with van der Waals surface area (Å²) >= 11 is 0. The van der Waals surface area contributed by atoms with Gasteiger partial charge in [0.1, 0.15) is 5.75 Å². The van der Waals surface area contributed by atoms with Crippen LogP contribution in [0.2, 0.25) is 0 Å². The SMILES string of the molecule is CCCN1CC2CCCC2C1CNC(=O)c1cc(S(N)(=O)=O)ccc1OC. The summed E-state index contributed by atoms with van der Waals surface area (Å²) in [7, 11) is -2.44. The van der Waals surface area contributed by atoms with E-state index in [0.29, 0.717) is 24.3 Å². The van der Waals surface area contributed by atoms with Crippen LogP contribution in [-0.2, 0) is 10.0 Å². The molecule has 1 heterocycles. The van der Waals surface area contributed by atoms with Gasteiger partial charge in [-0.2, -0.15) is 0 Å². The fraction of sp³-hybridized carbons (Fsp3) is 0.632. The van der Waals surface area contributed by atoms with Crippen LogP contribution >= 0.6 is 0 Å². The van der Waals surface area contributed by atoms with Crippen LogP contribution in [0.5, 0.6) is 5.75 Å². The van der Waals surface area contributed by atoms with Crippen molar-refractivity contribution in [2.75, 3.05) is 26.7 Å². The lowest BCUT2D eigenvalue weighted by Crippen LogP contribution is -2.43. The highest BCUT2D eigenvalue weighted by Crippen LogP contribution is 2.41. The maximum Gasteiger partial charge on any atom is 0.255 e. The number of fused-ring (bicyclic) bond motifs is 1. The second kappa shape index (κ2) is 8.16. The first-order chi connectivity index (χ1) is 12.8. The molecule has 1 saturated heterocycles. The van der Waals surface area contributed by atoms with Gasteiger partial charge in [-0.3, -0.25) is 9.69 Å². The van der Waals surface area contributed by atoms with Gasteiger partial charge < -0.3 is 10.1 Å². The Bertz CT molecular complexity index is 796. The van der Waals surface area contributed by atoms with Gasteiger partial charge in [0.15, 0.2) is 0 Å². The van der Waals surface area contributed by atoms with Crippen LogP contribution in [0.25, 0.3) is 0 Å². The van der Waals surface area contributed by atoms with E-state index in [2.05, 4.69) is 17.1 Å². The molecule has 2 fully saturated rings. The van der Waals surface area contributed by atoms with E-state index in [1.165, 1.54) is 44.6 Å². The van der Waals surface area contributed by atoms with Gasteiger partial charge in [-0.05, 0) is 55.8 Å². The van der Waals surface area contributed by atoms with E-state index < -0.39 is 10.0 Å². The Morgan fingerprint density at radius 3 is 2.81 bits per heavy atom. The molecule has 1 aromatic rings. The maximum atomic E-state index is 12.8. The number of carbonyl (C=O) groups excluding carboxylic acids is 1. The zero-order chi connectivity index (χ0) is 19.6. The van der Waals surface area contributed by atoms with Gasteiger partial charge in [-0.25, -0.2) is 13.6 Å². The monoisotopic (exact) mass is 395 g/mol. The average molecular weight is 396 g/mol. The van der Waals surface area contributed by atoms with Crippen LogP contribution < -0.4 is 15.2 Å². The third-order valence-corrected chi connectivity index (χ3v) is 6.79. The normalized spacial score (nSPS) is 25.4. The van der Waals surface area contributed by atoms with Crippen LogP contribution in [-0.4, -0.2) is 52.0 Å². The Kier molecular flexibility index (Phi) is 6.08. The zero-order valence-electron chi connectivity index (χ0n) is 16.0. The molecule has 1 aliphatic carbocycles. The molecule has 3 unspecified atom stereocenters. The van der Waals surface area contributed by atoms with Crippen molar-refractivity contribution in [2.24, 2.45) is 17.0 Å². The number of amides is 1. The number of nitrogens with one attached hydrogen (secondary N) is 1. The molecule has 0 aromatic heterocycles. The average Bonchev–Trinajstić information content (AvgIpc) is 3.20. The molecule has 1 aliphatic heterocycles. The minimum absolute atomic E-state index is 0.0993. The third-order valence-electron chi connectivity index (χ3n) is 5.88. The highest BCUT2D eigenvalue weighted by atomic mass is 32.2. The third kappa shape index (κ3) is 4.28. The number of hydrogen-bond donors (Lipinski definition) is 2. The van der Waals surface area contributed by atoms with Crippen LogP contribution in [0.15, 0.2) is 23.1 Å². The van der Waals surface area contributed by atoms with Crippen LogP contribution in [0, 0.1) is 11.8 Å². The highest BCUT2D eigenvalue weighted by Gasteiger charge is 2.43. The minimum Gasteiger partial charge on any atom is -0.496 e. The van der Waals surface area contributed by atoms with Gasteiger partial charge >= 0.3 is 0 Å². The first-order valence-electron chi connectivity index (χ1n) is 9.58. The molecule has 0 bridgehead atoms. The summed E-state index contributed by atoms with van der Waals surface area (Å²) in [5.74, 6) is 1.36. The Labute approximate surface area is 161 Å². The highest BCUT2D eigenvalue weighted by molar-refractivity contribution is 7.89. The van der Waals surface area contributed by atoms with Crippen LogP contribution in [0.1, 0.15) is 43.0 Å². The lowest BCUT2D eigenvalue weighted by molar-refractivity contribution is 0.0931. The predicted molar refractivity (Wildman–Crippen MR) is 103 cm³/mol. The number of sulfonamides is 1. The topological polar surface area (TPSA) is 102 Å². The molecule has 8 heteroatoms. The quantitative estimate of drug-likeness (QED) is 0.730. The molecule has 0 radical (unpaired) electrons. The maximum absolute atomic E-state index is 12.8. The largest absolute Gasteiger partial charge is 0.496 e.